The third kappa shape index (κ3) is 5.66. The van der Waals surface area contributed by atoms with E-state index in [2.05, 4.69) is 4.98 Å². The van der Waals surface area contributed by atoms with E-state index in [-0.39, 0.29) is 11.3 Å². The molecule has 0 aliphatic heterocycles. The van der Waals surface area contributed by atoms with Crippen molar-refractivity contribution in [2.75, 3.05) is 0 Å². The van der Waals surface area contributed by atoms with E-state index in [1.807, 2.05) is 25.3 Å². The smallest absolute Gasteiger partial charge is 0.322 e. The van der Waals surface area contributed by atoms with Crippen LogP contribution < -0.4 is 0 Å². The first-order valence-corrected chi connectivity index (χ1v) is 10.4. The first kappa shape index (κ1) is 20.1. The highest BCUT2D eigenvalue weighted by atomic mass is 32.2. The Morgan fingerprint density at radius 1 is 1.08 bits per heavy atom. The summed E-state index contributed by atoms with van der Waals surface area (Å²) in [5.41, 5.74) is 2.11. The molecule has 2 rings (SSSR count). The van der Waals surface area contributed by atoms with Crippen molar-refractivity contribution in [1.29, 1.82) is 0 Å². The Morgan fingerprint density at radius 2 is 1.77 bits per heavy atom. The highest BCUT2D eigenvalue weighted by Crippen LogP contribution is 2.22. The van der Waals surface area contributed by atoms with Crippen molar-refractivity contribution in [3.05, 3.63) is 59.9 Å². The molecule has 0 spiro atoms. The van der Waals surface area contributed by atoms with E-state index < -0.39 is 21.1 Å². The van der Waals surface area contributed by atoms with Crippen LogP contribution in [0.25, 0.3) is 0 Å². The second-order valence-electron chi connectivity index (χ2n) is 6.50. The molecular formula is C20H25NO4S. The van der Waals surface area contributed by atoms with E-state index in [4.69, 9.17) is 0 Å². The summed E-state index contributed by atoms with van der Waals surface area (Å²) in [6, 6.07) is 10.3. The number of aromatic nitrogens is 1. The number of hydrogen-bond donors (Lipinski definition) is 1. The molecule has 6 heteroatoms. The lowest BCUT2D eigenvalue weighted by Crippen LogP contribution is -2.30. The average Bonchev–Trinajstić information content (AvgIpc) is 2.61. The Balaban J connectivity index is 1.84. The molecule has 1 unspecified atom stereocenters. The largest absolute Gasteiger partial charge is 0.480 e. The van der Waals surface area contributed by atoms with Gasteiger partial charge in [0.25, 0.3) is 0 Å². The normalized spacial score (nSPS) is 12.7. The first-order valence-electron chi connectivity index (χ1n) is 8.83. The van der Waals surface area contributed by atoms with Crippen molar-refractivity contribution in [1.82, 2.24) is 4.98 Å². The lowest BCUT2D eigenvalue weighted by molar-refractivity contribution is -0.136. The fourth-order valence-electron chi connectivity index (χ4n) is 2.86. The monoisotopic (exact) mass is 375 g/mol. The van der Waals surface area contributed by atoms with Crippen molar-refractivity contribution in [3.63, 3.8) is 0 Å². The maximum absolute atomic E-state index is 12.6. The molecule has 0 saturated carbocycles. The van der Waals surface area contributed by atoms with Crippen molar-refractivity contribution in [2.24, 2.45) is 0 Å². The fourth-order valence-corrected chi connectivity index (χ4v) is 4.45. The van der Waals surface area contributed by atoms with Crippen molar-refractivity contribution < 1.29 is 18.3 Å². The van der Waals surface area contributed by atoms with E-state index in [1.165, 1.54) is 17.7 Å². The van der Waals surface area contributed by atoms with Gasteiger partial charge in [0, 0.05) is 12.4 Å². The number of unbranched alkanes of at least 4 members (excludes halogenated alkanes) is 3. The van der Waals surface area contributed by atoms with E-state index in [1.54, 1.807) is 18.3 Å². The van der Waals surface area contributed by atoms with Crippen LogP contribution in [0.4, 0.5) is 0 Å². The molecule has 26 heavy (non-hydrogen) atoms. The molecule has 1 aromatic carbocycles. The lowest BCUT2D eigenvalue weighted by Gasteiger charge is -2.14. The number of carbonyl (C=O) groups is 1. The molecule has 0 bridgehead atoms. The maximum Gasteiger partial charge on any atom is 0.322 e. The molecule has 1 aromatic heterocycles. The molecule has 0 fully saturated rings. The first-order chi connectivity index (χ1) is 12.4. The molecular weight excluding hydrogens is 350 g/mol. The second-order valence-corrected chi connectivity index (χ2v) is 8.63. The highest BCUT2D eigenvalue weighted by Gasteiger charge is 2.33. The van der Waals surface area contributed by atoms with Gasteiger partial charge in [-0.2, -0.15) is 0 Å². The quantitative estimate of drug-likeness (QED) is 0.638. The summed E-state index contributed by atoms with van der Waals surface area (Å²) in [6.07, 6.45) is 7.96. The number of benzene rings is 1. The van der Waals surface area contributed by atoms with Gasteiger partial charge in [-0.3, -0.25) is 9.78 Å². The zero-order valence-corrected chi connectivity index (χ0v) is 15.8. The summed E-state index contributed by atoms with van der Waals surface area (Å²) in [5, 5.41) is 8.00. The van der Waals surface area contributed by atoms with E-state index in [0.717, 1.165) is 31.2 Å². The zero-order chi connectivity index (χ0) is 19.0. The minimum Gasteiger partial charge on any atom is -0.480 e. The van der Waals surface area contributed by atoms with Crippen LogP contribution in [0.1, 0.15) is 43.2 Å². The van der Waals surface area contributed by atoms with Gasteiger partial charge in [0.1, 0.15) is 0 Å². The predicted octanol–water partition coefficient (Wildman–Crippen LogP) is 3.81. The number of pyridine rings is 1. The van der Waals surface area contributed by atoms with Crippen LogP contribution in [0.15, 0.2) is 53.7 Å². The Labute approximate surface area is 155 Å². The third-order valence-electron chi connectivity index (χ3n) is 4.40. The van der Waals surface area contributed by atoms with Gasteiger partial charge in [0.15, 0.2) is 15.1 Å². The van der Waals surface area contributed by atoms with Gasteiger partial charge in [-0.1, -0.05) is 43.0 Å². The van der Waals surface area contributed by atoms with Gasteiger partial charge in [-0.15, -0.1) is 0 Å². The van der Waals surface area contributed by atoms with E-state index in [9.17, 15) is 18.3 Å². The van der Waals surface area contributed by atoms with Gasteiger partial charge in [-0.25, -0.2) is 8.42 Å². The molecule has 1 N–H and O–H groups in total. The van der Waals surface area contributed by atoms with Gasteiger partial charge < -0.3 is 5.11 Å². The van der Waals surface area contributed by atoms with Crippen LogP contribution >= 0.6 is 0 Å². The number of nitrogens with zero attached hydrogens (tertiary/aromatic N) is 1. The summed E-state index contributed by atoms with van der Waals surface area (Å²) >= 11 is 0. The molecule has 0 saturated heterocycles. The van der Waals surface area contributed by atoms with Crippen LogP contribution in [0.5, 0.6) is 0 Å². The van der Waals surface area contributed by atoms with Crippen LogP contribution in [0, 0.1) is 6.92 Å². The summed E-state index contributed by atoms with van der Waals surface area (Å²) < 4.78 is 25.2. The number of hydrogen-bond acceptors (Lipinski definition) is 4. The van der Waals surface area contributed by atoms with Crippen LogP contribution in [-0.2, 0) is 21.1 Å². The number of aryl methyl sites for hydroxylation is 2. The van der Waals surface area contributed by atoms with E-state index >= 15 is 0 Å². The lowest BCUT2D eigenvalue weighted by atomic mass is 10.1. The van der Waals surface area contributed by atoms with Crippen LogP contribution in [0.3, 0.4) is 0 Å². The van der Waals surface area contributed by atoms with Crippen molar-refractivity contribution in [3.8, 4) is 0 Å². The van der Waals surface area contributed by atoms with Crippen molar-refractivity contribution in [2.45, 2.75) is 55.6 Å². The van der Waals surface area contributed by atoms with Crippen molar-refractivity contribution >= 4 is 15.8 Å². The second kappa shape index (κ2) is 9.48. The molecule has 2 aromatic rings. The van der Waals surface area contributed by atoms with E-state index in [0.29, 0.717) is 6.42 Å². The highest BCUT2D eigenvalue weighted by molar-refractivity contribution is 7.92. The minimum absolute atomic E-state index is 0.0760. The standard InChI is InChI=1S/C20H25NO4S/c1-16-10-12-18(13-11-16)26(24,25)19(20(22)23)9-5-3-2-4-7-17-8-6-14-21-15-17/h6,8,10-15,19H,2-5,7,9H2,1H3,(H,22,23). The SMILES string of the molecule is Cc1ccc(S(=O)(=O)C(CCCCCCc2cccnc2)C(=O)O)cc1. The third-order valence-corrected chi connectivity index (χ3v) is 6.52. The Kier molecular flexibility index (Phi) is 7.33. The molecule has 1 atom stereocenters. The van der Waals surface area contributed by atoms with Gasteiger partial charge in [0.2, 0.25) is 0 Å². The Morgan fingerprint density at radius 3 is 2.38 bits per heavy atom. The number of carboxylic acid groups (broad SMARTS) is 1. The van der Waals surface area contributed by atoms with Gasteiger partial charge in [-0.05, 0) is 49.9 Å². The summed E-state index contributed by atoms with van der Waals surface area (Å²) in [6.45, 7) is 1.86. The van der Waals surface area contributed by atoms with Gasteiger partial charge >= 0.3 is 5.97 Å². The molecule has 5 nitrogen and oxygen atoms in total. The molecule has 0 radical (unpaired) electrons. The molecule has 1 heterocycles. The Hall–Kier alpha value is -2.21. The summed E-state index contributed by atoms with van der Waals surface area (Å²) in [5.74, 6) is -1.28. The molecule has 140 valence electrons. The van der Waals surface area contributed by atoms with Crippen LogP contribution in [-0.4, -0.2) is 29.7 Å². The Bertz CT molecular complexity index is 801. The predicted molar refractivity (Wildman–Crippen MR) is 101 cm³/mol. The topological polar surface area (TPSA) is 84.3 Å². The number of sulfone groups is 1. The minimum atomic E-state index is -3.86. The summed E-state index contributed by atoms with van der Waals surface area (Å²) in [4.78, 5) is 15.7. The maximum atomic E-state index is 12.6. The molecule has 0 aliphatic rings. The molecule has 0 aliphatic carbocycles. The zero-order valence-electron chi connectivity index (χ0n) is 15.0. The fraction of sp³-hybridized carbons (Fsp3) is 0.400. The number of carboxylic acids is 1. The summed E-state index contributed by atoms with van der Waals surface area (Å²) in [7, 11) is -3.86. The van der Waals surface area contributed by atoms with Crippen LogP contribution in [0.2, 0.25) is 0 Å². The number of aliphatic carboxylic acids is 1. The molecule has 0 amide bonds. The van der Waals surface area contributed by atoms with Gasteiger partial charge in [0.05, 0.1) is 4.90 Å². The average molecular weight is 375 g/mol. The number of rotatable bonds is 10.